The van der Waals surface area contributed by atoms with E-state index in [2.05, 4.69) is 0 Å². The number of thioether (sulfide) groups is 2. The first-order chi connectivity index (χ1) is 7.15. The Morgan fingerprint density at radius 2 is 2.20 bits per heavy atom. The Labute approximate surface area is 102 Å². The Morgan fingerprint density at radius 1 is 1.47 bits per heavy atom. The quantitative estimate of drug-likeness (QED) is 0.651. The molecule has 0 aromatic heterocycles. The standard InChI is InChI=1S/C10H11ClO2S2/c1-14-4-5-15-7-2-3-9(11)8(6-7)10(12)13/h2-3,6H,4-5H2,1H3,(H,12,13). The zero-order chi connectivity index (χ0) is 11.3. The van der Waals surface area contributed by atoms with Crippen LogP contribution in [-0.2, 0) is 0 Å². The molecule has 1 aromatic carbocycles. The van der Waals surface area contributed by atoms with E-state index >= 15 is 0 Å². The summed E-state index contributed by atoms with van der Waals surface area (Å²) in [6, 6.07) is 5.10. The molecular weight excluding hydrogens is 252 g/mol. The molecule has 0 spiro atoms. The number of carboxylic acid groups (broad SMARTS) is 1. The predicted molar refractivity (Wildman–Crippen MR) is 67.5 cm³/mol. The molecule has 0 aliphatic rings. The summed E-state index contributed by atoms with van der Waals surface area (Å²) in [7, 11) is 0. The molecule has 0 heterocycles. The summed E-state index contributed by atoms with van der Waals surface area (Å²) >= 11 is 9.17. The van der Waals surface area contributed by atoms with Crippen LogP contribution in [0.4, 0.5) is 0 Å². The fourth-order valence-electron chi connectivity index (χ4n) is 1.00. The minimum atomic E-state index is -0.979. The largest absolute Gasteiger partial charge is 0.478 e. The van der Waals surface area contributed by atoms with Crippen molar-refractivity contribution in [2.45, 2.75) is 4.90 Å². The van der Waals surface area contributed by atoms with Crippen LogP contribution in [0.3, 0.4) is 0 Å². The maximum absolute atomic E-state index is 10.8. The zero-order valence-electron chi connectivity index (χ0n) is 8.20. The summed E-state index contributed by atoms with van der Waals surface area (Å²) < 4.78 is 0. The van der Waals surface area contributed by atoms with Crippen molar-refractivity contribution in [3.8, 4) is 0 Å². The van der Waals surface area contributed by atoms with Gasteiger partial charge in [-0.3, -0.25) is 0 Å². The van der Waals surface area contributed by atoms with Gasteiger partial charge in [0.2, 0.25) is 0 Å². The molecular formula is C10H11ClO2S2. The lowest BCUT2D eigenvalue weighted by Gasteiger charge is -2.03. The second kappa shape index (κ2) is 6.30. The molecule has 82 valence electrons. The third-order valence-corrected chi connectivity index (χ3v) is 3.92. The highest BCUT2D eigenvalue weighted by Gasteiger charge is 2.09. The lowest BCUT2D eigenvalue weighted by molar-refractivity contribution is 0.0697. The van der Waals surface area contributed by atoms with E-state index in [1.54, 1.807) is 35.7 Å². The Hall–Kier alpha value is -0.320. The van der Waals surface area contributed by atoms with Crippen molar-refractivity contribution >= 4 is 41.1 Å². The lowest BCUT2D eigenvalue weighted by atomic mass is 10.2. The molecule has 0 aliphatic heterocycles. The predicted octanol–water partition coefficient (Wildman–Crippen LogP) is 3.49. The molecule has 0 bridgehead atoms. The van der Waals surface area contributed by atoms with Gasteiger partial charge in [0.25, 0.3) is 0 Å². The van der Waals surface area contributed by atoms with E-state index in [4.69, 9.17) is 16.7 Å². The number of carbonyl (C=O) groups is 1. The van der Waals surface area contributed by atoms with Crippen molar-refractivity contribution in [1.29, 1.82) is 0 Å². The highest BCUT2D eigenvalue weighted by molar-refractivity contribution is 8.02. The van der Waals surface area contributed by atoms with E-state index < -0.39 is 5.97 Å². The number of benzene rings is 1. The zero-order valence-corrected chi connectivity index (χ0v) is 10.6. The first-order valence-corrected chi connectivity index (χ1v) is 7.05. The molecule has 0 unspecified atom stereocenters. The first-order valence-electron chi connectivity index (χ1n) is 4.29. The van der Waals surface area contributed by atoms with Crippen LogP contribution in [0.5, 0.6) is 0 Å². The van der Waals surface area contributed by atoms with Gasteiger partial charge in [-0.1, -0.05) is 11.6 Å². The van der Waals surface area contributed by atoms with Gasteiger partial charge in [-0.25, -0.2) is 4.79 Å². The van der Waals surface area contributed by atoms with Crippen LogP contribution in [0.2, 0.25) is 5.02 Å². The molecule has 0 amide bonds. The van der Waals surface area contributed by atoms with Crippen molar-refractivity contribution in [1.82, 2.24) is 0 Å². The summed E-state index contributed by atoms with van der Waals surface area (Å²) in [6.07, 6.45) is 2.05. The molecule has 0 atom stereocenters. The molecule has 0 radical (unpaired) electrons. The van der Waals surface area contributed by atoms with Crippen LogP contribution in [0, 0.1) is 0 Å². The molecule has 0 saturated heterocycles. The lowest BCUT2D eigenvalue weighted by Crippen LogP contribution is -1.97. The SMILES string of the molecule is CSCCSc1ccc(Cl)c(C(=O)O)c1. The van der Waals surface area contributed by atoms with Crippen LogP contribution in [-0.4, -0.2) is 28.8 Å². The summed E-state index contributed by atoms with van der Waals surface area (Å²) in [6.45, 7) is 0. The van der Waals surface area contributed by atoms with Gasteiger partial charge in [0, 0.05) is 16.4 Å². The highest BCUT2D eigenvalue weighted by atomic mass is 35.5. The van der Waals surface area contributed by atoms with Crippen LogP contribution in [0.25, 0.3) is 0 Å². The molecule has 1 rings (SSSR count). The minimum Gasteiger partial charge on any atom is -0.478 e. The molecule has 5 heteroatoms. The molecule has 0 aliphatic carbocycles. The summed E-state index contributed by atoms with van der Waals surface area (Å²) in [5, 5.41) is 9.15. The molecule has 0 fully saturated rings. The third kappa shape index (κ3) is 3.97. The third-order valence-electron chi connectivity index (χ3n) is 1.72. The molecule has 2 nitrogen and oxygen atoms in total. The van der Waals surface area contributed by atoms with Gasteiger partial charge >= 0.3 is 5.97 Å². The number of hydrogen-bond donors (Lipinski definition) is 1. The van der Waals surface area contributed by atoms with E-state index in [0.29, 0.717) is 0 Å². The monoisotopic (exact) mass is 262 g/mol. The van der Waals surface area contributed by atoms with Crippen molar-refractivity contribution in [3.63, 3.8) is 0 Å². The topological polar surface area (TPSA) is 37.3 Å². The van der Waals surface area contributed by atoms with Crippen LogP contribution in [0.1, 0.15) is 10.4 Å². The van der Waals surface area contributed by atoms with Crippen LogP contribution in [0.15, 0.2) is 23.1 Å². The van der Waals surface area contributed by atoms with E-state index in [1.165, 1.54) is 0 Å². The fourth-order valence-corrected chi connectivity index (χ4v) is 2.80. The summed E-state index contributed by atoms with van der Waals surface area (Å²) in [4.78, 5) is 11.8. The summed E-state index contributed by atoms with van der Waals surface area (Å²) in [5.74, 6) is 1.05. The van der Waals surface area contributed by atoms with Gasteiger partial charge in [0.05, 0.1) is 10.6 Å². The van der Waals surface area contributed by atoms with Gasteiger partial charge in [-0.05, 0) is 24.5 Å². The van der Waals surface area contributed by atoms with Gasteiger partial charge in [-0.15, -0.1) is 11.8 Å². The van der Waals surface area contributed by atoms with Crippen LogP contribution < -0.4 is 0 Å². The van der Waals surface area contributed by atoms with E-state index in [0.717, 1.165) is 16.4 Å². The maximum atomic E-state index is 10.8. The van der Waals surface area contributed by atoms with Crippen molar-refractivity contribution in [2.75, 3.05) is 17.8 Å². The smallest absolute Gasteiger partial charge is 0.337 e. The molecule has 0 saturated carbocycles. The van der Waals surface area contributed by atoms with E-state index in [9.17, 15) is 4.79 Å². The number of rotatable bonds is 5. The second-order valence-electron chi connectivity index (χ2n) is 2.79. The summed E-state index contributed by atoms with van der Waals surface area (Å²) in [5.41, 5.74) is 0.172. The number of halogens is 1. The minimum absolute atomic E-state index is 0.172. The Bertz CT molecular complexity index is 355. The highest BCUT2D eigenvalue weighted by Crippen LogP contribution is 2.24. The number of aromatic carboxylic acids is 1. The molecule has 1 N–H and O–H groups in total. The van der Waals surface area contributed by atoms with Gasteiger partial charge in [0.1, 0.15) is 0 Å². The number of carboxylic acids is 1. The average molecular weight is 263 g/mol. The van der Waals surface area contributed by atoms with Crippen molar-refractivity contribution in [3.05, 3.63) is 28.8 Å². The van der Waals surface area contributed by atoms with Gasteiger partial charge < -0.3 is 5.11 Å². The second-order valence-corrected chi connectivity index (χ2v) is 5.35. The van der Waals surface area contributed by atoms with Gasteiger partial charge in [0.15, 0.2) is 0 Å². The Kier molecular flexibility index (Phi) is 5.36. The number of hydrogen-bond acceptors (Lipinski definition) is 3. The van der Waals surface area contributed by atoms with Crippen LogP contribution >= 0.6 is 35.1 Å². The maximum Gasteiger partial charge on any atom is 0.337 e. The van der Waals surface area contributed by atoms with Crippen molar-refractivity contribution in [2.24, 2.45) is 0 Å². The normalized spacial score (nSPS) is 10.3. The Morgan fingerprint density at radius 3 is 2.80 bits per heavy atom. The average Bonchev–Trinajstić information content (AvgIpc) is 2.20. The Balaban J connectivity index is 2.74. The van der Waals surface area contributed by atoms with E-state index in [-0.39, 0.29) is 10.6 Å². The first kappa shape index (κ1) is 12.7. The molecule has 1 aromatic rings. The molecule has 15 heavy (non-hydrogen) atoms. The van der Waals surface area contributed by atoms with Gasteiger partial charge in [-0.2, -0.15) is 11.8 Å². The van der Waals surface area contributed by atoms with E-state index in [1.807, 2.05) is 12.3 Å². The fraction of sp³-hybridized carbons (Fsp3) is 0.300. The van der Waals surface area contributed by atoms with Crippen molar-refractivity contribution < 1.29 is 9.90 Å².